The molecule has 10 aromatic rings. The van der Waals surface area contributed by atoms with Gasteiger partial charge in [-0.25, -0.2) is 0 Å². The van der Waals surface area contributed by atoms with Crippen molar-refractivity contribution in [3.8, 4) is 62.4 Å². The quantitative estimate of drug-likeness (QED) is 0.118. The number of fused-ring (bicyclic) bond motifs is 6. The van der Waals surface area contributed by atoms with Gasteiger partial charge in [-0.1, -0.05) is 191 Å². The van der Waals surface area contributed by atoms with E-state index in [-0.39, 0.29) is 17.5 Å². The summed E-state index contributed by atoms with van der Waals surface area (Å²) in [5.74, 6) is 3.17. The standard InChI is InChI=1S/C63H46BNO2/c1-62(2,45-20-10-6-11-21-45)47-28-30-55-53(37-47)64-54-38-48(63(3,4)46-22-12-7-13-23-46)29-31-56(54)67-58-36-43(35-57(66-55)61(58)64)42-32-40(39-65)33-44(34-42)60-51-26-16-14-24-49(51)59(41-18-8-5-9-19-41)50-25-15-17-27-52(50)60/h5-38H,1-4H3. The van der Waals surface area contributed by atoms with Crippen LogP contribution < -0.4 is 25.9 Å². The number of hydrogen-bond acceptors (Lipinski definition) is 3. The van der Waals surface area contributed by atoms with E-state index in [1.165, 1.54) is 44.2 Å². The molecule has 3 nitrogen and oxygen atoms in total. The van der Waals surface area contributed by atoms with Crippen molar-refractivity contribution in [2.45, 2.75) is 38.5 Å². The monoisotopic (exact) mass is 859 g/mol. The fourth-order valence-corrected chi connectivity index (χ4v) is 10.8. The van der Waals surface area contributed by atoms with E-state index in [1.807, 2.05) is 12.1 Å². The Labute approximate surface area is 392 Å². The van der Waals surface area contributed by atoms with Crippen LogP contribution in [0.3, 0.4) is 0 Å². The van der Waals surface area contributed by atoms with E-state index in [4.69, 9.17) is 9.47 Å². The Morgan fingerprint density at radius 2 is 0.776 bits per heavy atom. The molecule has 12 rings (SSSR count). The summed E-state index contributed by atoms with van der Waals surface area (Å²) in [5, 5.41) is 15.3. The molecule has 0 saturated carbocycles. The molecule has 4 heteroatoms. The molecule has 0 N–H and O–H groups in total. The summed E-state index contributed by atoms with van der Waals surface area (Å²) < 4.78 is 14.1. The minimum absolute atomic E-state index is 0.147. The van der Waals surface area contributed by atoms with Gasteiger partial charge in [-0.2, -0.15) is 5.26 Å². The number of benzene rings is 10. The highest BCUT2D eigenvalue weighted by Crippen LogP contribution is 2.46. The van der Waals surface area contributed by atoms with Gasteiger partial charge >= 0.3 is 0 Å². The minimum Gasteiger partial charge on any atom is -0.458 e. The van der Waals surface area contributed by atoms with Gasteiger partial charge in [0.15, 0.2) is 0 Å². The van der Waals surface area contributed by atoms with Crippen LogP contribution >= 0.6 is 0 Å². The average Bonchev–Trinajstić information content (AvgIpc) is 3.37. The van der Waals surface area contributed by atoms with Gasteiger partial charge in [0.1, 0.15) is 23.0 Å². The molecule has 0 radical (unpaired) electrons. The van der Waals surface area contributed by atoms with Crippen molar-refractivity contribution in [1.29, 1.82) is 5.26 Å². The number of nitrogens with zero attached hydrogens (tertiary/aromatic N) is 1. The molecule has 2 heterocycles. The predicted octanol–water partition coefficient (Wildman–Crippen LogP) is 14.2. The van der Waals surface area contributed by atoms with Crippen LogP contribution in [0.25, 0.3) is 54.9 Å². The van der Waals surface area contributed by atoms with Gasteiger partial charge in [-0.3, -0.25) is 0 Å². The van der Waals surface area contributed by atoms with Crippen molar-refractivity contribution < 1.29 is 9.47 Å². The average molecular weight is 860 g/mol. The molecule has 0 bridgehead atoms. The Morgan fingerprint density at radius 3 is 1.24 bits per heavy atom. The number of hydrogen-bond donors (Lipinski definition) is 0. The van der Waals surface area contributed by atoms with Crippen molar-refractivity contribution in [2.75, 3.05) is 0 Å². The molecule has 0 spiro atoms. The van der Waals surface area contributed by atoms with Gasteiger partial charge in [0.25, 0.3) is 6.71 Å². The minimum atomic E-state index is -0.254. The van der Waals surface area contributed by atoms with Gasteiger partial charge in [0.2, 0.25) is 0 Å². The normalized spacial score (nSPS) is 12.7. The van der Waals surface area contributed by atoms with Crippen LogP contribution in [-0.2, 0) is 10.8 Å². The van der Waals surface area contributed by atoms with Gasteiger partial charge in [0.05, 0.1) is 11.6 Å². The van der Waals surface area contributed by atoms with Crippen LogP contribution in [0.5, 0.6) is 23.0 Å². The number of nitriles is 1. The van der Waals surface area contributed by atoms with E-state index >= 15 is 0 Å². The molecule has 0 fully saturated rings. The largest absolute Gasteiger partial charge is 0.458 e. The molecule has 10 aromatic carbocycles. The number of rotatable bonds is 7. The predicted molar refractivity (Wildman–Crippen MR) is 277 cm³/mol. The van der Waals surface area contributed by atoms with E-state index in [2.05, 4.69) is 228 Å². The molecule has 67 heavy (non-hydrogen) atoms. The highest BCUT2D eigenvalue weighted by molar-refractivity contribution is 6.98. The smallest absolute Gasteiger partial charge is 0.260 e. The van der Waals surface area contributed by atoms with E-state index in [0.29, 0.717) is 5.56 Å². The van der Waals surface area contributed by atoms with Crippen molar-refractivity contribution in [1.82, 2.24) is 0 Å². The molecule has 2 aliphatic rings. The second-order valence-corrected chi connectivity index (χ2v) is 19.1. The van der Waals surface area contributed by atoms with Gasteiger partial charge in [-0.15, -0.1) is 0 Å². The first kappa shape index (κ1) is 40.4. The van der Waals surface area contributed by atoms with Crippen LogP contribution in [0.2, 0.25) is 0 Å². The zero-order chi connectivity index (χ0) is 45.4. The first-order chi connectivity index (χ1) is 32.7. The lowest BCUT2D eigenvalue weighted by molar-refractivity contribution is 0.464. The molecular formula is C63H46BNO2. The highest BCUT2D eigenvalue weighted by atomic mass is 16.5. The van der Waals surface area contributed by atoms with E-state index in [9.17, 15) is 5.26 Å². The van der Waals surface area contributed by atoms with Crippen molar-refractivity contribution in [3.05, 3.63) is 234 Å². The van der Waals surface area contributed by atoms with Gasteiger partial charge in [0, 0.05) is 16.3 Å². The van der Waals surface area contributed by atoms with Crippen LogP contribution in [0, 0.1) is 11.3 Å². The van der Waals surface area contributed by atoms with Crippen molar-refractivity contribution in [2.24, 2.45) is 0 Å². The molecular weight excluding hydrogens is 814 g/mol. The third-order valence-corrected chi connectivity index (χ3v) is 14.6. The molecule has 2 aliphatic heterocycles. The first-order valence-corrected chi connectivity index (χ1v) is 23.2. The lowest BCUT2D eigenvalue weighted by atomic mass is 9.34. The summed E-state index contributed by atoms with van der Waals surface area (Å²) in [6, 6.07) is 75.9. The summed E-state index contributed by atoms with van der Waals surface area (Å²) in [6.07, 6.45) is 0. The molecule has 318 valence electrons. The maximum atomic E-state index is 10.7. The maximum absolute atomic E-state index is 10.7. The summed E-state index contributed by atoms with van der Waals surface area (Å²) in [6.45, 7) is 9.04. The Morgan fingerprint density at radius 1 is 0.373 bits per heavy atom. The lowest BCUT2D eigenvalue weighted by Gasteiger charge is -2.36. The first-order valence-electron chi connectivity index (χ1n) is 23.2. The fourth-order valence-electron chi connectivity index (χ4n) is 10.8. The zero-order valence-corrected chi connectivity index (χ0v) is 38.0. The topological polar surface area (TPSA) is 42.2 Å². The third-order valence-electron chi connectivity index (χ3n) is 14.6. The summed E-state index contributed by atoms with van der Waals surface area (Å²) in [7, 11) is 0. The summed E-state index contributed by atoms with van der Waals surface area (Å²) in [5.41, 5.74) is 14.5. The zero-order valence-electron chi connectivity index (χ0n) is 38.0. The Bertz CT molecular complexity index is 3460. The molecule has 0 saturated heterocycles. The van der Waals surface area contributed by atoms with E-state index in [1.54, 1.807) is 0 Å². The summed E-state index contributed by atoms with van der Waals surface area (Å²) >= 11 is 0. The van der Waals surface area contributed by atoms with Crippen LogP contribution in [0.4, 0.5) is 0 Å². The molecule has 0 atom stereocenters. The molecule has 0 aliphatic carbocycles. The van der Waals surface area contributed by atoms with Crippen molar-refractivity contribution in [3.63, 3.8) is 0 Å². The Hall–Kier alpha value is -8.13. The molecule has 0 amide bonds. The second-order valence-electron chi connectivity index (χ2n) is 19.1. The third kappa shape index (κ3) is 6.57. The SMILES string of the molecule is CC(C)(c1ccccc1)c1ccc2c(c1)B1c3cc(C(C)(C)c4ccccc4)ccc3Oc3cc(-c4cc(C#N)cc(-c5c6ccccc6c(-c6ccccc6)c6ccccc56)c4)cc(c31)O2. The highest BCUT2D eigenvalue weighted by Gasteiger charge is 2.42. The number of ether oxygens (including phenoxy) is 2. The van der Waals surface area contributed by atoms with Crippen LogP contribution in [0.1, 0.15) is 55.5 Å². The molecule has 0 unspecified atom stereocenters. The fraction of sp³-hybridized carbons (Fsp3) is 0.0952. The second kappa shape index (κ2) is 15.5. The van der Waals surface area contributed by atoms with E-state index < -0.39 is 0 Å². The molecule has 0 aromatic heterocycles. The van der Waals surface area contributed by atoms with Crippen LogP contribution in [-0.4, -0.2) is 6.71 Å². The summed E-state index contributed by atoms with van der Waals surface area (Å²) in [4.78, 5) is 0. The van der Waals surface area contributed by atoms with Crippen molar-refractivity contribution >= 4 is 44.6 Å². The Balaban J connectivity index is 1.04. The van der Waals surface area contributed by atoms with Gasteiger partial charge in [-0.05, 0) is 131 Å². The maximum Gasteiger partial charge on any atom is 0.260 e. The van der Waals surface area contributed by atoms with E-state index in [0.717, 1.165) is 72.4 Å². The Kier molecular flexibility index (Phi) is 9.35. The van der Waals surface area contributed by atoms with Gasteiger partial charge < -0.3 is 9.47 Å². The lowest BCUT2D eigenvalue weighted by Crippen LogP contribution is -2.57. The van der Waals surface area contributed by atoms with Crippen LogP contribution in [0.15, 0.2) is 206 Å².